The van der Waals surface area contributed by atoms with Crippen molar-refractivity contribution in [2.24, 2.45) is 11.1 Å². The third kappa shape index (κ3) is 6.29. The minimum atomic E-state index is 0.120. The number of hydrogen-bond donors (Lipinski definition) is 1. The Morgan fingerprint density at radius 3 is 2.31 bits per heavy atom. The van der Waals surface area contributed by atoms with Gasteiger partial charge in [0.2, 0.25) is 0 Å². The highest BCUT2D eigenvalue weighted by atomic mass is 16.5. The molecule has 2 nitrogen and oxygen atoms in total. The van der Waals surface area contributed by atoms with Crippen LogP contribution in [-0.2, 0) is 4.74 Å². The highest BCUT2D eigenvalue weighted by molar-refractivity contribution is 4.83. The Morgan fingerprint density at radius 2 is 1.88 bits per heavy atom. The van der Waals surface area contributed by atoms with Crippen molar-refractivity contribution < 1.29 is 4.74 Å². The summed E-state index contributed by atoms with van der Waals surface area (Å²) in [6.45, 7) is 10.3. The van der Waals surface area contributed by atoms with Crippen molar-refractivity contribution in [3.05, 3.63) is 12.7 Å². The molecule has 0 aliphatic heterocycles. The van der Waals surface area contributed by atoms with Crippen LogP contribution in [0.2, 0.25) is 0 Å². The molecule has 0 radical (unpaired) electrons. The smallest absolute Gasteiger partial charge is 0.0770 e. The van der Waals surface area contributed by atoms with Gasteiger partial charge in [0, 0.05) is 13.2 Å². The molecule has 0 bridgehead atoms. The molecule has 0 saturated carbocycles. The summed E-state index contributed by atoms with van der Waals surface area (Å²) in [5.74, 6) is 0. The quantitative estimate of drug-likeness (QED) is 0.509. The van der Waals surface area contributed by atoms with E-state index in [0.29, 0.717) is 0 Å². The van der Waals surface area contributed by atoms with Crippen LogP contribution in [0.1, 0.15) is 52.9 Å². The molecule has 0 saturated heterocycles. The molecule has 0 fully saturated rings. The minimum Gasteiger partial charge on any atom is -0.379 e. The molecule has 2 atom stereocenters. The Hall–Kier alpha value is -0.340. The summed E-state index contributed by atoms with van der Waals surface area (Å²) >= 11 is 0. The lowest BCUT2D eigenvalue weighted by atomic mass is 9.83. The molecule has 2 N–H and O–H groups in total. The highest BCUT2D eigenvalue weighted by Crippen LogP contribution is 2.25. The zero-order chi connectivity index (χ0) is 12.6. The number of rotatable bonds is 8. The van der Waals surface area contributed by atoms with Crippen molar-refractivity contribution in [1.82, 2.24) is 0 Å². The van der Waals surface area contributed by atoms with E-state index in [1.54, 1.807) is 7.11 Å². The molecular formula is C14H29NO. The monoisotopic (exact) mass is 227 g/mol. The van der Waals surface area contributed by atoms with Crippen LogP contribution in [0.3, 0.4) is 0 Å². The predicted molar refractivity (Wildman–Crippen MR) is 71.5 cm³/mol. The number of allylic oxidation sites excluding steroid dienone is 1. The number of unbranched alkanes of at least 4 members (excludes halogenated alkanes) is 3. The van der Waals surface area contributed by atoms with Crippen LogP contribution >= 0.6 is 0 Å². The van der Waals surface area contributed by atoms with Crippen molar-refractivity contribution in [2.75, 3.05) is 7.11 Å². The van der Waals surface area contributed by atoms with Crippen LogP contribution in [0, 0.1) is 5.41 Å². The first-order valence-corrected chi connectivity index (χ1v) is 6.32. The van der Waals surface area contributed by atoms with Gasteiger partial charge in [-0.3, -0.25) is 0 Å². The number of hydrogen-bond acceptors (Lipinski definition) is 2. The predicted octanol–water partition coefficient (Wildman–Crippen LogP) is 3.51. The molecule has 0 aromatic rings. The molecule has 0 heterocycles. The second-order valence-electron chi connectivity index (χ2n) is 5.61. The van der Waals surface area contributed by atoms with Crippen LogP contribution in [0.25, 0.3) is 0 Å². The van der Waals surface area contributed by atoms with Crippen molar-refractivity contribution in [2.45, 2.75) is 65.0 Å². The van der Waals surface area contributed by atoms with Crippen LogP contribution in [0.5, 0.6) is 0 Å². The molecule has 96 valence electrons. The normalized spacial score (nSPS) is 15.8. The fraction of sp³-hybridized carbons (Fsp3) is 0.857. The maximum atomic E-state index is 6.18. The molecule has 2 heteroatoms. The van der Waals surface area contributed by atoms with E-state index in [4.69, 9.17) is 10.5 Å². The molecule has 0 aliphatic rings. The van der Waals surface area contributed by atoms with E-state index in [1.165, 1.54) is 19.3 Å². The fourth-order valence-electron chi connectivity index (χ4n) is 2.17. The lowest BCUT2D eigenvalue weighted by Gasteiger charge is -2.34. The van der Waals surface area contributed by atoms with E-state index in [0.717, 1.165) is 12.8 Å². The second-order valence-corrected chi connectivity index (χ2v) is 5.61. The first kappa shape index (κ1) is 15.7. The van der Waals surface area contributed by atoms with E-state index in [9.17, 15) is 0 Å². The largest absolute Gasteiger partial charge is 0.379 e. The Kier molecular flexibility index (Phi) is 7.69. The average molecular weight is 227 g/mol. The van der Waals surface area contributed by atoms with Gasteiger partial charge in [0.25, 0.3) is 0 Å². The van der Waals surface area contributed by atoms with Crippen molar-refractivity contribution in [3.63, 3.8) is 0 Å². The van der Waals surface area contributed by atoms with Crippen LogP contribution in [0.4, 0.5) is 0 Å². The standard InChI is InChI=1S/C14H29NO/c1-6-7-8-9-10-11-12(15)13(16-5)14(2,3)4/h6,12-13H,1,7-11,15H2,2-5H3. The van der Waals surface area contributed by atoms with E-state index in [2.05, 4.69) is 27.4 Å². The number of methoxy groups -OCH3 is 1. The summed E-state index contributed by atoms with van der Waals surface area (Å²) in [6, 6.07) is 0.147. The molecular weight excluding hydrogens is 198 g/mol. The van der Waals surface area contributed by atoms with Crippen LogP contribution in [-0.4, -0.2) is 19.3 Å². The number of ether oxygens (including phenoxy) is 1. The third-order valence-corrected chi connectivity index (χ3v) is 2.94. The van der Waals surface area contributed by atoms with Gasteiger partial charge in [0.1, 0.15) is 0 Å². The molecule has 16 heavy (non-hydrogen) atoms. The first-order valence-electron chi connectivity index (χ1n) is 6.32. The second kappa shape index (κ2) is 7.86. The van der Waals surface area contributed by atoms with E-state index in [1.807, 2.05) is 6.08 Å². The summed E-state index contributed by atoms with van der Waals surface area (Å²) in [5.41, 5.74) is 6.30. The van der Waals surface area contributed by atoms with E-state index in [-0.39, 0.29) is 17.6 Å². The molecule has 0 rings (SSSR count). The van der Waals surface area contributed by atoms with Gasteiger partial charge >= 0.3 is 0 Å². The molecule has 0 aromatic heterocycles. The molecule has 0 aliphatic carbocycles. The van der Waals surface area contributed by atoms with E-state index >= 15 is 0 Å². The van der Waals surface area contributed by atoms with Gasteiger partial charge in [-0.1, -0.05) is 39.7 Å². The van der Waals surface area contributed by atoms with Gasteiger partial charge in [-0.25, -0.2) is 0 Å². The lowest BCUT2D eigenvalue weighted by Crippen LogP contribution is -2.44. The SMILES string of the molecule is C=CCCCCCC(N)C(OC)C(C)(C)C. The maximum absolute atomic E-state index is 6.18. The van der Waals surface area contributed by atoms with Gasteiger partial charge in [-0.15, -0.1) is 6.58 Å². The average Bonchev–Trinajstić information content (AvgIpc) is 2.16. The van der Waals surface area contributed by atoms with Gasteiger partial charge in [-0.05, 0) is 24.7 Å². The van der Waals surface area contributed by atoms with Crippen molar-refractivity contribution >= 4 is 0 Å². The molecule has 0 aromatic carbocycles. The number of nitrogens with two attached hydrogens (primary N) is 1. The maximum Gasteiger partial charge on any atom is 0.0770 e. The Morgan fingerprint density at radius 1 is 1.25 bits per heavy atom. The van der Waals surface area contributed by atoms with Gasteiger partial charge in [-0.2, -0.15) is 0 Å². The zero-order valence-corrected chi connectivity index (χ0v) is 11.5. The third-order valence-electron chi connectivity index (χ3n) is 2.94. The zero-order valence-electron chi connectivity index (χ0n) is 11.5. The first-order chi connectivity index (χ1) is 7.43. The molecule has 0 spiro atoms. The Balaban J connectivity index is 3.85. The lowest BCUT2D eigenvalue weighted by molar-refractivity contribution is -0.00406. The highest BCUT2D eigenvalue weighted by Gasteiger charge is 2.29. The Labute approximate surface area is 101 Å². The summed E-state index contributed by atoms with van der Waals surface area (Å²) in [5, 5.41) is 0. The molecule has 2 unspecified atom stereocenters. The van der Waals surface area contributed by atoms with Gasteiger partial charge in [0.05, 0.1) is 6.10 Å². The van der Waals surface area contributed by atoms with Crippen LogP contribution < -0.4 is 5.73 Å². The molecule has 0 amide bonds. The van der Waals surface area contributed by atoms with Crippen molar-refractivity contribution in [1.29, 1.82) is 0 Å². The fourth-order valence-corrected chi connectivity index (χ4v) is 2.17. The minimum absolute atomic E-state index is 0.120. The van der Waals surface area contributed by atoms with Crippen LogP contribution in [0.15, 0.2) is 12.7 Å². The van der Waals surface area contributed by atoms with E-state index < -0.39 is 0 Å². The Bertz CT molecular complexity index is 184. The topological polar surface area (TPSA) is 35.2 Å². The summed E-state index contributed by atoms with van der Waals surface area (Å²) < 4.78 is 5.51. The van der Waals surface area contributed by atoms with Gasteiger partial charge < -0.3 is 10.5 Å². The summed E-state index contributed by atoms with van der Waals surface area (Å²) in [4.78, 5) is 0. The van der Waals surface area contributed by atoms with Gasteiger partial charge in [0.15, 0.2) is 0 Å². The summed E-state index contributed by atoms with van der Waals surface area (Å²) in [7, 11) is 1.76. The summed E-state index contributed by atoms with van der Waals surface area (Å²) in [6.07, 6.45) is 7.93. The van der Waals surface area contributed by atoms with Crippen molar-refractivity contribution in [3.8, 4) is 0 Å².